The van der Waals surface area contributed by atoms with Crippen molar-refractivity contribution in [1.29, 1.82) is 5.26 Å². The predicted octanol–water partition coefficient (Wildman–Crippen LogP) is 2.24. The second kappa shape index (κ2) is 3.91. The van der Waals surface area contributed by atoms with E-state index in [2.05, 4.69) is 22.8 Å². The molecule has 13 heavy (non-hydrogen) atoms. The maximum atomic E-state index is 8.54. The number of hydrogen-bond acceptors (Lipinski definition) is 3. The summed E-state index contributed by atoms with van der Waals surface area (Å²) in [7, 11) is 0. The highest BCUT2D eigenvalue weighted by molar-refractivity contribution is 7.10. The predicted molar refractivity (Wildman–Crippen MR) is 53.6 cm³/mol. The van der Waals surface area contributed by atoms with Gasteiger partial charge in [0.05, 0.1) is 12.5 Å². The van der Waals surface area contributed by atoms with Crippen molar-refractivity contribution in [2.24, 2.45) is 0 Å². The lowest BCUT2D eigenvalue weighted by Crippen LogP contribution is -2.11. The summed E-state index contributed by atoms with van der Waals surface area (Å²) >= 11 is 1.70. The van der Waals surface area contributed by atoms with Crippen LogP contribution in [0.4, 0.5) is 0 Å². The molecule has 2 heterocycles. The summed E-state index contributed by atoms with van der Waals surface area (Å²) in [5, 5.41) is 14.2. The largest absolute Gasteiger partial charge is 0.310 e. The molecule has 1 atom stereocenters. The minimum absolute atomic E-state index is 0.545. The van der Waals surface area contributed by atoms with E-state index in [1.807, 2.05) is 0 Å². The van der Waals surface area contributed by atoms with E-state index in [0.29, 0.717) is 12.5 Å². The van der Waals surface area contributed by atoms with Crippen LogP contribution in [-0.2, 0) is 6.42 Å². The van der Waals surface area contributed by atoms with Gasteiger partial charge in [-0.3, -0.25) is 0 Å². The molecule has 1 aliphatic rings. The number of thiophene rings is 1. The van der Waals surface area contributed by atoms with Crippen LogP contribution in [0.5, 0.6) is 0 Å². The van der Waals surface area contributed by atoms with Crippen molar-refractivity contribution >= 4 is 11.3 Å². The summed E-state index contributed by atoms with van der Waals surface area (Å²) in [5.41, 5.74) is 1.37. The zero-order valence-corrected chi connectivity index (χ0v) is 8.23. The van der Waals surface area contributed by atoms with Crippen molar-refractivity contribution in [3.8, 4) is 6.07 Å². The Morgan fingerprint density at radius 1 is 1.69 bits per heavy atom. The van der Waals surface area contributed by atoms with Crippen LogP contribution in [0, 0.1) is 11.3 Å². The Bertz CT molecular complexity index is 318. The maximum Gasteiger partial charge on any atom is 0.0695 e. The van der Waals surface area contributed by atoms with E-state index in [-0.39, 0.29) is 0 Å². The average molecular weight is 192 g/mol. The van der Waals surface area contributed by atoms with Crippen LogP contribution in [0.25, 0.3) is 0 Å². The van der Waals surface area contributed by atoms with Crippen LogP contribution in [0.2, 0.25) is 0 Å². The van der Waals surface area contributed by atoms with E-state index in [1.54, 1.807) is 11.3 Å². The average Bonchev–Trinajstić information content (AvgIpc) is 2.70. The Hall–Kier alpha value is -0.850. The van der Waals surface area contributed by atoms with Crippen molar-refractivity contribution in [3.05, 3.63) is 21.9 Å². The zero-order valence-electron chi connectivity index (χ0n) is 7.42. The summed E-state index contributed by atoms with van der Waals surface area (Å²) in [6.45, 7) is 1.13. The van der Waals surface area contributed by atoms with Gasteiger partial charge in [0.1, 0.15) is 0 Å². The van der Waals surface area contributed by atoms with Gasteiger partial charge in [-0.2, -0.15) is 5.26 Å². The third-order valence-electron chi connectivity index (χ3n) is 2.39. The lowest BCUT2D eigenvalue weighted by Gasteiger charge is -2.05. The molecule has 1 aromatic rings. The fraction of sp³-hybridized carbons (Fsp3) is 0.500. The molecule has 0 radical (unpaired) electrons. The smallest absolute Gasteiger partial charge is 0.0695 e. The molecule has 1 aliphatic heterocycles. The van der Waals surface area contributed by atoms with Gasteiger partial charge in [0.15, 0.2) is 0 Å². The number of nitrogens with one attached hydrogen (secondary N) is 1. The number of nitrogens with zero attached hydrogens (tertiary/aromatic N) is 1. The van der Waals surface area contributed by atoms with Crippen molar-refractivity contribution in [3.63, 3.8) is 0 Å². The molecule has 1 fully saturated rings. The molecule has 0 amide bonds. The Balaban J connectivity index is 2.08. The van der Waals surface area contributed by atoms with Crippen LogP contribution < -0.4 is 5.32 Å². The topological polar surface area (TPSA) is 35.8 Å². The van der Waals surface area contributed by atoms with Crippen LogP contribution in [0.3, 0.4) is 0 Å². The normalized spacial score (nSPS) is 21.6. The molecule has 3 heteroatoms. The third-order valence-corrected chi connectivity index (χ3v) is 3.34. The third kappa shape index (κ3) is 1.90. The number of hydrogen-bond donors (Lipinski definition) is 1. The van der Waals surface area contributed by atoms with E-state index in [9.17, 15) is 0 Å². The summed E-state index contributed by atoms with van der Waals surface area (Å²) in [5.74, 6) is 0. The minimum atomic E-state index is 0.545. The first-order valence-electron chi connectivity index (χ1n) is 4.58. The fourth-order valence-corrected chi connectivity index (χ4v) is 2.59. The van der Waals surface area contributed by atoms with Crippen molar-refractivity contribution in [2.75, 3.05) is 6.54 Å². The Kier molecular flexibility index (Phi) is 2.62. The molecular formula is C10H12N2S. The first-order chi connectivity index (χ1) is 6.40. The molecule has 0 bridgehead atoms. The van der Waals surface area contributed by atoms with Crippen molar-refractivity contribution in [1.82, 2.24) is 5.32 Å². The van der Waals surface area contributed by atoms with Crippen LogP contribution in [0.15, 0.2) is 11.4 Å². The lowest BCUT2D eigenvalue weighted by molar-refractivity contribution is 0.650. The van der Waals surface area contributed by atoms with Crippen molar-refractivity contribution < 1.29 is 0 Å². The zero-order chi connectivity index (χ0) is 9.10. The monoisotopic (exact) mass is 192 g/mol. The Labute approximate surface area is 82.2 Å². The SMILES string of the molecule is N#CCc1cc(C2CCCN2)cs1. The van der Waals surface area contributed by atoms with Crippen LogP contribution >= 0.6 is 11.3 Å². The summed E-state index contributed by atoms with van der Waals surface area (Å²) in [4.78, 5) is 1.19. The highest BCUT2D eigenvalue weighted by atomic mass is 32.1. The molecule has 0 saturated carbocycles. The first-order valence-corrected chi connectivity index (χ1v) is 5.46. The van der Waals surface area contributed by atoms with Gasteiger partial charge in [-0.15, -0.1) is 11.3 Å². The molecule has 0 aliphatic carbocycles. The molecule has 68 valence electrons. The standard InChI is InChI=1S/C10H12N2S/c11-4-3-9-6-8(7-13-9)10-2-1-5-12-10/h6-7,10,12H,1-3,5H2. The van der Waals surface area contributed by atoms with Crippen molar-refractivity contribution in [2.45, 2.75) is 25.3 Å². The van der Waals surface area contributed by atoms with E-state index < -0.39 is 0 Å². The van der Waals surface area contributed by atoms with Crippen LogP contribution in [-0.4, -0.2) is 6.54 Å². The van der Waals surface area contributed by atoms with E-state index >= 15 is 0 Å². The van der Waals surface area contributed by atoms with Gasteiger partial charge in [0.25, 0.3) is 0 Å². The van der Waals surface area contributed by atoms with E-state index in [1.165, 1.54) is 23.3 Å². The van der Waals surface area contributed by atoms with Gasteiger partial charge < -0.3 is 5.32 Å². The van der Waals surface area contributed by atoms with E-state index in [0.717, 1.165) is 6.54 Å². The lowest BCUT2D eigenvalue weighted by atomic mass is 10.1. The molecule has 1 unspecified atom stereocenters. The van der Waals surface area contributed by atoms with Gasteiger partial charge in [0.2, 0.25) is 0 Å². The molecule has 0 aromatic carbocycles. The molecule has 1 aromatic heterocycles. The summed E-state index contributed by atoms with van der Waals surface area (Å²) in [6.07, 6.45) is 3.06. The Morgan fingerprint density at radius 3 is 3.31 bits per heavy atom. The van der Waals surface area contributed by atoms with Gasteiger partial charge in [-0.25, -0.2) is 0 Å². The highest BCUT2D eigenvalue weighted by Crippen LogP contribution is 2.27. The first kappa shape index (κ1) is 8.74. The highest BCUT2D eigenvalue weighted by Gasteiger charge is 2.16. The number of rotatable bonds is 2. The van der Waals surface area contributed by atoms with Gasteiger partial charge >= 0.3 is 0 Å². The van der Waals surface area contributed by atoms with E-state index in [4.69, 9.17) is 5.26 Å². The second-order valence-corrected chi connectivity index (χ2v) is 4.33. The molecule has 0 spiro atoms. The van der Waals surface area contributed by atoms with Crippen LogP contribution in [0.1, 0.15) is 29.3 Å². The molecule has 2 rings (SSSR count). The Morgan fingerprint density at radius 2 is 2.62 bits per heavy atom. The molecular weight excluding hydrogens is 180 g/mol. The van der Waals surface area contributed by atoms with Gasteiger partial charge in [-0.1, -0.05) is 0 Å². The quantitative estimate of drug-likeness (QED) is 0.780. The number of nitriles is 1. The minimum Gasteiger partial charge on any atom is -0.310 e. The van der Waals surface area contributed by atoms with Gasteiger partial charge in [-0.05, 0) is 36.4 Å². The molecule has 1 N–H and O–H groups in total. The molecule has 1 saturated heterocycles. The molecule has 2 nitrogen and oxygen atoms in total. The summed E-state index contributed by atoms with van der Waals surface area (Å²) < 4.78 is 0. The summed E-state index contributed by atoms with van der Waals surface area (Å²) in [6, 6.07) is 4.89. The van der Waals surface area contributed by atoms with Gasteiger partial charge in [0, 0.05) is 10.9 Å². The second-order valence-electron chi connectivity index (χ2n) is 3.33. The maximum absolute atomic E-state index is 8.54. The fourth-order valence-electron chi connectivity index (χ4n) is 1.72.